The van der Waals surface area contributed by atoms with Crippen molar-refractivity contribution in [3.05, 3.63) is 96.1 Å². The molecule has 3 aromatic rings. The Morgan fingerprint density at radius 3 is 1.96 bits per heavy atom. The Kier molecular flexibility index (Phi) is 5.96. The zero-order chi connectivity index (χ0) is 18.2. The zero-order valence-electron chi connectivity index (χ0n) is 13.7. The van der Waals surface area contributed by atoms with E-state index in [1.54, 1.807) is 54.2 Å². The zero-order valence-corrected chi connectivity index (χ0v) is 14.6. The van der Waals surface area contributed by atoms with Gasteiger partial charge in [-0.3, -0.25) is 4.79 Å². The molecule has 0 N–H and O–H groups in total. The molecule has 0 saturated carbocycles. The van der Waals surface area contributed by atoms with Gasteiger partial charge in [-0.25, -0.2) is 4.79 Å². The number of rotatable bonds is 6. The van der Waals surface area contributed by atoms with Crippen molar-refractivity contribution in [1.82, 2.24) is 0 Å². The fourth-order valence-corrected chi connectivity index (χ4v) is 2.97. The predicted octanol–water partition coefficient (Wildman–Crippen LogP) is 4.86. The number of ketones is 1. The average molecular weight is 361 g/mol. The molecule has 4 nitrogen and oxygen atoms in total. The summed E-state index contributed by atoms with van der Waals surface area (Å²) in [7, 11) is 0. The fraction of sp³-hybridized carbons (Fsp3) is 0. The molecule has 0 atom stereocenters. The van der Waals surface area contributed by atoms with Crippen LogP contribution in [0, 0.1) is 0 Å². The van der Waals surface area contributed by atoms with Crippen LogP contribution >= 0.6 is 11.8 Å². The molecule has 0 amide bonds. The van der Waals surface area contributed by atoms with Crippen molar-refractivity contribution in [2.45, 2.75) is 9.79 Å². The summed E-state index contributed by atoms with van der Waals surface area (Å²) in [5.74, 6) is -0.939. The number of benzene rings is 3. The van der Waals surface area contributed by atoms with E-state index in [1.165, 1.54) is 0 Å². The van der Waals surface area contributed by atoms with Gasteiger partial charge in [0.25, 0.3) is 0 Å². The van der Waals surface area contributed by atoms with Crippen molar-refractivity contribution in [2.24, 2.45) is 5.16 Å². The van der Waals surface area contributed by atoms with Crippen LogP contribution in [0.2, 0.25) is 0 Å². The van der Waals surface area contributed by atoms with Crippen molar-refractivity contribution < 1.29 is 14.4 Å². The second-order valence-electron chi connectivity index (χ2n) is 5.28. The molecule has 26 heavy (non-hydrogen) atoms. The number of oxime groups is 1. The highest BCUT2D eigenvalue weighted by molar-refractivity contribution is 7.99. The summed E-state index contributed by atoms with van der Waals surface area (Å²) in [4.78, 5) is 30.7. The highest BCUT2D eigenvalue weighted by atomic mass is 32.2. The minimum atomic E-state index is -0.607. The monoisotopic (exact) mass is 361 g/mol. The Labute approximate surface area is 155 Å². The lowest BCUT2D eigenvalue weighted by atomic mass is 10.1. The molecule has 0 saturated heterocycles. The van der Waals surface area contributed by atoms with Crippen LogP contribution in [0.4, 0.5) is 0 Å². The molecule has 0 radical (unpaired) electrons. The van der Waals surface area contributed by atoms with Gasteiger partial charge < -0.3 is 4.84 Å². The van der Waals surface area contributed by atoms with E-state index in [1.807, 2.05) is 42.5 Å². The lowest BCUT2D eigenvalue weighted by molar-refractivity contribution is 0.0518. The molecule has 0 fully saturated rings. The van der Waals surface area contributed by atoms with Crippen molar-refractivity contribution >= 4 is 29.7 Å². The SMILES string of the molecule is O=C(/C=N/OC(=O)c1ccccc1)c1ccc(Sc2ccccc2)cc1. The molecular weight excluding hydrogens is 346 g/mol. The summed E-state index contributed by atoms with van der Waals surface area (Å²) in [6.07, 6.45) is 1.00. The Morgan fingerprint density at radius 1 is 0.731 bits per heavy atom. The van der Waals surface area contributed by atoms with Gasteiger partial charge in [0.05, 0.1) is 5.56 Å². The number of carbonyl (C=O) groups is 2. The molecule has 0 unspecified atom stereocenters. The van der Waals surface area contributed by atoms with Crippen LogP contribution in [-0.2, 0) is 4.84 Å². The number of nitrogens with zero attached hydrogens (tertiary/aromatic N) is 1. The van der Waals surface area contributed by atoms with E-state index in [9.17, 15) is 9.59 Å². The first-order valence-electron chi connectivity index (χ1n) is 7.89. The van der Waals surface area contributed by atoms with E-state index < -0.39 is 5.97 Å². The average Bonchev–Trinajstić information content (AvgIpc) is 2.70. The maximum atomic E-state index is 12.1. The van der Waals surface area contributed by atoms with Crippen molar-refractivity contribution in [3.8, 4) is 0 Å². The van der Waals surface area contributed by atoms with E-state index in [-0.39, 0.29) is 5.78 Å². The van der Waals surface area contributed by atoms with Gasteiger partial charge in [0.2, 0.25) is 5.78 Å². The van der Waals surface area contributed by atoms with Gasteiger partial charge in [0.1, 0.15) is 6.21 Å². The Hall–Kier alpha value is -3.18. The molecule has 0 heterocycles. The van der Waals surface area contributed by atoms with Crippen molar-refractivity contribution in [3.63, 3.8) is 0 Å². The molecular formula is C21H15NO3S. The predicted molar refractivity (Wildman–Crippen MR) is 102 cm³/mol. The Balaban J connectivity index is 1.57. The largest absolute Gasteiger partial charge is 0.365 e. The van der Waals surface area contributed by atoms with Crippen molar-refractivity contribution in [2.75, 3.05) is 0 Å². The normalized spacial score (nSPS) is 10.6. The number of Topliss-reactive ketones (excluding diaryl/α,β-unsaturated/α-hetero) is 1. The van der Waals surface area contributed by atoms with Crippen LogP contribution in [-0.4, -0.2) is 18.0 Å². The topological polar surface area (TPSA) is 55.7 Å². The highest BCUT2D eigenvalue weighted by Crippen LogP contribution is 2.27. The minimum Gasteiger partial charge on any atom is -0.313 e. The van der Waals surface area contributed by atoms with Gasteiger partial charge in [-0.15, -0.1) is 0 Å². The summed E-state index contributed by atoms with van der Waals surface area (Å²) < 4.78 is 0. The fourth-order valence-electron chi connectivity index (χ4n) is 2.14. The molecule has 0 bridgehead atoms. The van der Waals surface area contributed by atoms with Gasteiger partial charge in [0.15, 0.2) is 0 Å². The standard InChI is InChI=1S/C21H15NO3S/c23-20(15-22-25-21(24)17-7-3-1-4-8-17)16-11-13-19(14-12-16)26-18-9-5-2-6-10-18/h1-15H/b22-15+. The van der Waals surface area contributed by atoms with E-state index in [0.717, 1.165) is 16.0 Å². The minimum absolute atomic E-state index is 0.331. The smallest absolute Gasteiger partial charge is 0.313 e. The Bertz CT molecular complexity index is 907. The maximum Gasteiger partial charge on any atom is 0.365 e. The summed E-state index contributed by atoms with van der Waals surface area (Å²) >= 11 is 1.61. The first-order chi connectivity index (χ1) is 12.7. The van der Waals surface area contributed by atoms with Crippen LogP contribution < -0.4 is 0 Å². The third-order valence-electron chi connectivity index (χ3n) is 3.43. The molecule has 0 spiro atoms. The third kappa shape index (κ3) is 4.91. The first kappa shape index (κ1) is 17.6. The van der Waals surface area contributed by atoms with Crippen molar-refractivity contribution in [1.29, 1.82) is 0 Å². The molecule has 128 valence electrons. The van der Waals surface area contributed by atoms with E-state index in [4.69, 9.17) is 4.84 Å². The summed E-state index contributed by atoms with van der Waals surface area (Å²) in [6, 6.07) is 25.6. The van der Waals surface area contributed by atoms with E-state index in [2.05, 4.69) is 5.16 Å². The van der Waals surface area contributed by atoms with Crippen LogP contribution in [0.1, 0.15) is 20.7 Å². The Morgan fingerprint density at radius 2 is 1.31 bits per heavy atom. The number of carbonyl (C=O) groups excluding carboxylic acids is 2. The molecule has 0 aromatic heterocycles. The second kappa shape index (κ2) is 8.78. The van der Waals surface area contributed by atoms with Crippen LogP contribution in [0.15, 0.2) is 99.9 Å². The molecule has 0 aliphatic heterocycles. The van der Waals surface area contributed by atoms with Gasteiger partial charge >= 0.3 is 5.97 Å². The summed E-state index contributed by atoms with van der Waals surface area (Å²) in [5.41, 5.74) is 0.848. The van der Waals surface area contributed by atoms with Gasteiger partial charge in [0, 0.05) is 15.4 Å². The molecule has 0 aliphatic rings. The summed E-state index contributed by atoms with van der Waals surface area (Å²) in [6.45, 7) is 0. The lowest BCUT2D eigenvalue weighted by Crippen LogP contribution is -2.04. The molecule has 0 aliphatic carbocycles. The second-order valence-corrected chi connectivity index (χ2v) is 6.43. The first-order valence-corrected chi connectivity index (χ1v) is 8.71. The lowest BCUT2D eigenvalue weighted by Gasteiger charge is -2.02. The maximum absolute atomic E-state index is 12.1. The molecule has 5 heteroatoms. The third-order valence-corrected chi connectivity index (χ3v) is 4.45. The van der Waals surface area contributed by atoms with E-state index >= 15 is 0 Å². The van der Waals surface area contributed by atoms with Gasteiger partial charge in [-0.05, 0) is 48.5 Å². The van der Waals surface area contributed by atoms with Gasteiger partial charge in [-0.2, -0.15) is 0 Å². The van der Waals surface area contributed by atoms with E-state index in [0.29, 0.717) is 11.1 Å². The number of hydrogen-bond donors (Lipinski definition) is 0. The summed E-state index contributed by atoms with van der Waals surface area (Å²) in [5, 5.41) is 3.48. The number of hydrogen-bond acceptors (Lipinski definition) is 5. The van der Waals surface area contributed by atoms with Gasteiger partial charge in [-0.1, -0.05) is 53.3 Å². The van der Waals surface area contributed by atoms with Crippen LogP contribution in [0.25, 0.3) is 0 Å². The van der Waals surface area contributed by atoms with Crippen LogP contribution in [0.3, 0.4) is 0 Å². The quantitative estimate of drug-likeness (QED) is 0.272. The molecule has 3 aromatic carbocycles. The molecule has 3 rings (SSSR count). The highest BCUT2D eigenvalue weighted by Gasteiger charge is 2.07. The van der Waals surface area contributed by atoms with Crippen LogP contribution in [0.5, 0.6) is 0 Å².